The lowest BCUT2D eigenvalue weighted by Gasteiger charge is -2.27. The summed E-state index contributed by atoms with van der Waals surface area (Å²) in [6.07, 6.45) is 4.15. The normalized spacial score (nSPS) is 19.4. The molecule has 1 aliphatic rings. The number of alkyl halides is 2. The van der Waals surface area contributed by atoms with Gasteiger partial charge in [0, 0.05) is 31.5 Å². The van der Waals surface area contributed by atoms with E-state index in [1.165, 1.54) is 0 Å². The molecule has 0 N–H and O–H groups in total. The molecule has 1 saturated carbocycles. The van der Waals surface area contributed by atoms with Crippen molar-refractivity contribution in [2.45, 2.75) is 64.3 Å². The number of nitrogens with zero attached hydrogens (tertiary/aromatic N) is 2. The van der Waals surface area contributed by atoms with Gasteiger partial charge in [-0.05, 0) is 25.2 Å². The van der Waals surface area contributed by atoms with E-state index in [0.717, 1.165) is 19.3 Å². The van der Waals surface area contributed by atoms with Crippen molar-refractivity contribution in [3.8, 4) is 0 Å². The molecule has 1 aromatic heterocycles. The van der Waals surface area contributed by atoms with Crippen LogP contribution in [-0.2, 0) is 6.54 Å². The van der Waals surface area contributed by atoms with E-state index in [4.69, 9.17) is 0 Å². The Morgan fingerprint density at radius 3 is 2.65 bits per heavy atom. The predicted octanol–water partition coefficient (Wildman–Crippen LogP) is 4.03. The SMILES string of the molecule is CC(C)CCn1cc(C=O)c(C2CCC(F)(F)CC2)n1. The summed E-state index contributed by atoms with van der Waals surface area (Å²) in [6, 6.07) is 0. The molecule has 0 spiro atoms. The molecule has 1 aliphatic carbocycles. The van der Waals surface area contributed by atoms with Crippen molar-refractivity contribution in [1.29, 1.82) is 0 Å². The Hall–Kier alpha value is -1.26. The highest BCUT2D eigenvalue weighted by molar-refractivity contribution is 5.76. The summed E-state index contributed by atoms with van der Waals surface area (Å²) in [7, 11) is 0. The number of carbonyl (C=O) groups is 1. The fraction of sp³-hybridized carbons (Fsp3) is 0.733. The first-order chi connectivity index (χ1) is 9.41. The Kier molecular flexibility index (Phi) is 4.55. The average molecular weight is 284 g/mol. The zero-order valence-electron chi connectivity index (χ0n) is 12.1. The van der Waals surface area contributed by atoms with Gasteiger partial charge in [-0.2, -0.15) is 5.10 Å². The summed E-state index contributed by atoms with van der Waals surface area (Å²) in [5.74, 6) is -1.98. The van der Waals surface area contributed by atoms with Gasteiger partial charge in [0.15, 0.2) is 6.29 Å². The molecule has 0 unspecified atom stereocenters. The molecule has 1 heterocycles. The number of hydrogen-bond donors (Lipinski definition) is 0. The van der Waals surface area contributed by atoms with Crippen LogP contribution < -0.4 is 0 Å². The summed E-state index contributed by atoms with van der Waals surface area (Å²) in [5.41, 5.74) is 1.27. The van der Waals surface area contributed by atoms with Crippen LogP contribution in [0.2, 0.25) is 0 Å². The van der Waals surface area contributed by atoms with Crippen LogP contribution >= 0.6 is 0 Å². The van der Waals surface area contributed by atoms with Gasteiger partial charge in [0.2, 0.25) is 5.92 Å². The van der Waals surface area contributed by atoms with Gasteiger partial charge in [-0.25, -0.2) is 8.78 Å². The Bertz CT molecular complexity index is 458. The molecule has 0 saturated heterocycles. The summed E-state index contributed by atoms with van der Waals surface area (Å²) >= 11 is 0. The molecule has 0 amide bonds. The maximum Gasteiger partial charge on any atom is 0.248 e. The van der Waals surface area contributed by atoms with E-state index in [-0.39, 0.29) is 18.8 Å². The molecule has 112 valence electrons. The monoisotopic (exact) mass is 284 g/mol. The van der Waals surface area contributed by atoms with Crippen molar-refractivity contribution in [3.05, 3.63) is 17.5 Å². The first-order valence-electron chi connectivity index (χ1n) is 7.31. The molecular weight excluding hydrogens is 262 g/mol. The van der Waals surface area contributed by atoms with Crippen LogP contribution in [0.3, 0.4) is 0 Å². The fourth-order valence-electron chi connectivity index (χ4n) is 2.68. The molecular formula is C15H22F2N2O. The van der Waals surface area contributed by atoms with Crippen molar-refractivity contribution in [3.63, 3.8) is 0 Å². The lowest BCUT2D eigenvalue weighted by molar-refractivity contribution is -0.0385. The quantitative estimate of drug-likeness (QED) is 0.765. The Morgan fingerprint density at radius 2 is 2.10 bits per heavy atom. The van der Waals surface area contributed by atoms with Gasteiger partial charge in [-0.1, -0.05) is 13.8 Å². The minimum Gasteiger partial charge on any atom is -0.298 e. The number of rotatable bonds is 5. The molecule has 1 aromatic rings. The van der Waals surface area contributed by atoms with Gasteiger partial charge in [-0.15, -0.1) is 0 Å². The maximum absolute atomic E-state index is 13.2. The van der Waals surface area contributed by atoms with Gasteiger partial charge >= 0.3 is 0 Å². The highest BCUT2D eigenvalue weighted by atomic mass is 19.3. The van der Waals surface area contributed by atoms with Crippen molar-refractivity contribution >= 4 is 6.29 Å². The molecule has 0 bridgehead atoms. The lowest BCUT2D eigenvalue weighted by Crippen LogP contribution is -2.24. The Morgan fingerprint density at radius 1 is 1.45 bits per heavy atom. The second-order valence-electron chi connectivity index (χ2n) is 6.16. The molecule has 5 heteroatoms. The number of aromatic nitrogens is 2. The van der Waals surface area contributed by atoms with E-state index in [2.05, 4.69) is 18.9 Å². The van der Waals surface area contributed by atoms with Crippen molar-refractivity contribution in [2.24, 2.45) is 5.92 Å². The second-order valence-corrected chi connectivity index (χ2v) is 6.16. The van der Waals surface area contributed by atoms with Gasteiger partial charge in [0.05, 0.1) is 11.3 Å². The first kappa shape index (κ1) is 15.1. The van der Waals surface area contributed by atoms with E-state index < -0.39 is 5.92 Å². The number of aldehydes is 1. The predicted molar refractivity (Wildman–Crippen MR) is 73.2 cm³/mol. The van der Waals surface area contributed by atoms with E-state index in [1.54, 1.807) is 10.9 Å². The van der Waals surface area contributed by atoms with Gasteiger partial charge in [0.25, 0.3) is 0 Å². The number of hydrogen-bond acceptors (Lipinski definition) is 2. The van der Waals surface area contributed by atoms with E-state index >= 15 is 0 Å². The lowest BCUT2D eigenvalue weighted by atomic mass is 9.84. The van der Waals surface area contributed by atoms with Crippen LogP contribution in [0.4, 0.5) is 8.78 Å². The summed E-state index contributed by atoms with van der Waals surface area (Å²) in [5, 5.41) is 4.46. The van der Waals surface area contributed by atoms with Gasteiger partial charge < -0.3 is 0 Å². The first-order valence-corrected chi connectivity index (χ1v) is 7.31. The Labute approximate surface area is 118 Å². The topological polar surface area (TPSA) is 34.9 Å². The van der Waals surface area contributed by atoms with Crippen LogP contribution in [0, 0.1) is 5.92 Å². The van der Waals surface area contributed by atoms with E-state index in [0.29, 0.717) is 30.0 Å². The summed E-state index contributed by atoms with van der Waals surface area (Å²) in [4.78, 5) is 11.1. The third-order valence-electron chi connectivity index (χ3n) is 3.99. The van der Waals surface area contributed by atoms with Gasteiger partial charge in [0.1, 0.15) is 0 Å². The molecule has 0 aliphatic heterocycles. The minimum atomic E-state index is -2.54. The zero-order chi connectivity index (χ0) is 14.8. The third-order valence-corrected chi connectivity index (χ3v) is 3.99. The van der Waals surface area contributed by atoms with Crippen LogP contribution in [-0.4, -0.2) is 22.0 Å². The molecule has 0 radical (unpaired) electrons. The van der Waals surface area contributed by atoms with Gasteiger partial charge in [-0.3, -0.25) is 9.48 Å². The van der Waals surface area contributed by atoms with Crippen LogP contribution in [0.5, 0.6) is 0 Å². The summed E-state index contributed by atoms with van der Waals surface area (Å²) in [6.45, 7) is 5.03. The van der Waals surface area contributed by atoms with Crippen LogP contribution in [0.25, 0.3) is 0 Å². The molecule has 0 atom stereocenters. The molecule has 20 heavy (non-hydrogen) atoms. The number of aryl methyl sites for hydroxylation is 1. The second kappa shape index (κ2) is 6.02. The standard InChI is InChI=1S/C15H22F2N2O/c1-11(2)5-8-19-9-13(10-20)14(18-19)12-3-6-15(16,17)7-4-12/h9-12H,3-8H2,1-2H3. The zero-order valence-corrected chi connectivity index (χ0v) is 12.1. The minimum absolute atomic E-state index is 0.00451. The Balaban J connectivity index is 2.09. The molecule has 0 aromatic carbocycles. The molecule has 3 nitrogen and oxygen atoms in total. The smallest absolute Gasteiger partial charge is 0.248 e. The number of halogens is 2. The van der Waals surface area contributed by atoms with Crippen molar-refractivity contribution < 1.29 is 13.6 Å². The molecule has 1 fully saturated rings. The fourth-order valence-corrected chi connectivity index (χ4v) is 2.68. The van der Waals surface area contributed by atoms with E-state index in [1.807, 2.05) is 0 Å². The summed E-state index contributed by atoms with van der Waals surface area (Å²) < 4.78 is 28.2. The maximum atomic E-state index is 13.2. The number of carbonyl (C=O) groups excluding carboxylic acids is 1. The average Bonchev–Trinajstić information content (AvgIpc) is 2.79. The van der Waals surface area contributed by atoms with E-state index in [9.17, 15) is 13.6 Å². The highest BCUT2D eigenvalue weighted by Gasteiger charge is 2.36. The highest BCUT2D eigenvalue weighted by Crippen LogP contribution is 2.41. The van der Waals surface area contributed by atoms with Crippen molar-refractivity contribution in [1.82, 2.24) is 9.78 Å². The van der Waals surface area contributed by atoms with Crippen molar-refractivity contribution in [2.75, 3.05) is 0 Å². The van der Waals surface area contributed by atoms with Crippen LogP contribution in [0.1, 0.15) is 67.9 Å². The van der Waals surface area contributed by atoms with Crippen LogP contribution in [0.15, 0.2) is 6.20 Å². The largest absolute Gasteiger partial charge is 0.298 e. The molecule has 2 rings (SSSR count). The third kappa shape index (κ3) is 3.64.